The van der Waals surface area contributed by atoms with Crippen molar-refractivity contribution in [1.82, 2.24) is 5.32 Å². The molecule has 5 heteroatoms. The molecule has 0 aromatic heterocycles. The molecule has 1 fully saturated rings. The highest BCUT2D eigenvalue weighted by Gasteiger charge is 2.51. The van der Waals surface area contributed by atoms with E-state index in [-0.39, 0.29) is 5.97 Å². The van der Waals surface area contributed by atoms with Crippen LogP contribution in [0.3, 0.4) is 0 Å². The molecule has 3 nitrogen and oxygen atoms in total. The first-order valence-electron chi connectivity index (χ1n) is 6.87. The maximum absolute atomic E-state index is 12.4. The minimum atomic E-state index is -0.553. The molecule has 0 heterocycles. The van der Waals surface area contributed by atoms with Gasteiger partial charge in [0, 0.05) is 15.1 Å². The van der Waals surface area contributed by atoms with Crippen molar-refractivity contribution in [3.8, 4) is 0 Å². The lowest BCUT2D eigenvalue weighted by atomic mass is 9.96. The number of thioether (sulfide) groups is 1. The zero-order chi connectivity index (χ0) is 14.6. The van der Waals surface area contributed by atoms with Gasteiger partial charge in [-0.1, -0.05) is 22.0 Å². The van der Waals surface area contributed by atoms with Crippen molar-refractivity contribution in [3.63, 3.8) is 0 Å². The van der Waals surface area contributed by atoms with E-state index in [9.17, 15) is 4.79 Å². The van der Waals surface area contributed by atoms with Gasteiger partial charge in [-0.2, -0.15) is 0 Å². The summed E-state index contributed by atoms with van der Waals surface area (Å²) in [5.41, 5.74) is -0.553. The average molecular weight is 358 g/mol. The van der Waals surface area contributed by atoms with Crippen LogP contribution in [0.25, 0.3) is 0 Å². The number of carbonyl (C=O) groups is 1. The molecule has 0 spiro atoms. The quantitative estimate of drug-likeness (QED) is 0.598. The van der Waals surface area contributed by atoms with Crippen molar-refractivity contribution in [3.05, 3.63) is 28.7 Å². The Morgan fingerprint density at radius 3 is 2.85 bits per heavy atom. The van der Waals surface area contributed by atoms with Gasteiger partial charge in [-0.3, -0.25) is 4.79 Å². The number of ether oxygens (including phenoxy) is 1. The Kier molecular flexibility index (Phi) is 5.52. The van der Waals surface area contributed by atoms with Gasteiger partial charge in [0.15, 0.2) is 0 Å². The summed E-state index contributed by atoms with van der Waals surface area (Å²) in [7, 11) is 1.86. The van der Waals surface area contributed by atoms with Gasteiger partial charge < -0.3 is 10.1 Å². The summed E-state index contributed by atoms with van der Waals surface area (Å²) in [6, 6.07) is 8.15. The summed E-state index contributed by atoms with van der Waals surface area (Å²) < 4.78 is 6.34. The van der Waals surface area contributed by atoms with Crippen molar-refractivity contribution in [2.24, 2.45) is 5.92 Å². The Labute approximate surface area is 133 Å². The van der Waals surface area contributed by atoms with Crippen LogP contribution in [-0.4, -0.2) is 30.9 Å². The normalized spacial score (nSPS) is 17.6. The monoisotopic (exact) mass is 357 g/mol. The van der Waals surface area contributed by atoms with Crippen LogP contribution >= 0.6 is 27.7 Å². The molecule has 1 atom stereocenters. The van der Waals surface area contributed by atoms with Crippen molar-refractivity contribution in [1.29, 1.82) is 0 Å². The fourth-order valence-corrected chi connectivity index (χ4v) is 4.14. The number of hydrogen-bond acceptors (Lipinski definition) is 4. The summed E-state index contributed by atoms with van der Waals surface area (Å²) in [6.07, 6.45) is 2.19. The SMILES string of the molecule is CCOC(=O)C(CSc1cccc(Br)c1)(NC)C1CC1. The van der Waals surface area contributed by atoms with Crippen LogP contribution in [0.1, 0.15) is 19.8 Å². The molecule has 0 radical (unpaired) electrons. The second kappa shape index (κ2) is 6.96. The zero-order valence-corrected chi connectivity index (χ0v) is 14.2. The van der Waals surface area contributed by atoms with E-state index in [1.54, 1.807) is 11.8 Å². The Balaban J connectivity index is 2.10. The first kappa shape index (κ1) is 15.9. The van der Waals surface area contributed by atoms with Crippen LogP contribution in [0.5, 0.6) is 0 Å². The summed E-state index contributed by atoms with van der Waals surface area (Å²) in [5.74, 6) is 0.974. The van der Waals surface area contributed by atoms with Crippen LogP contribution < -0.4 is 5.32 Å². The van der Waals surface area contributed by atoms with Crippen LogP contribution in [-0.2, 0) is 9.53 Å². The lowest BCUT2D eigenvalue weighted by molar-refractivity contribution is -0.150. The first-order chi connectivity index (χ1) is 9.62. The third-order valence-corrected chi connectivity index (χ3v) is 5.30. The fourth-order valence-electron chi connectivity index (χ4n) is 2.31. The number of nitrogens with one attached hydrogen (secondary N) is 1. The molecule has 2 rings (SSSR count). The van der Waals surface area contributed by atoms with E-state index >= 15 is 0 Å². The standard InChI is InChI=1S/C15H20BrNO2S/c1-3-19-14(18)15(17-2,11-7-8-11)10-20-13-6-4-5-12(16)9-13/h4-6,9,11,17H,3,7-8,10H2,1-2H3. The van der Waals surface area contributed by atoms with Crippen molar-refractivity contribution >= 4 is 33.7 Å². The molecule has 0 bridgehead atoms. The van der Waals surface area contributed by atoms with Crippen molar-refractivity contribution in [2.45, 2.75) is 30.2 Å². The van der Waals surface area contributed by atoms with Gasteiger partial charge in [-0.05, 0) is 50.9 Å². The summed E-state index contributed by atoms with van der Waals surface area (Å²) in [6.45, 7) is 2.28. The Morgan fingerprint density at radius 2 is 2.30 bits per heavy atom. The second-order valence-corrected chi connectivity index (χ2v) is 6.93. The molecule has 110 valence electrons. The molecule has 1 aromatic carbocycles. The van der Waals surface area contributed by atoms with Gasteiger partial charge in [0.2, 0.25) is 0 Å². The fraction of sp³-hybridized carbons (Fsp3) is 0.533. The molecule has 1 aromatic rings. The molecule has 0 amide bonds. The van der Waals surface area contributed by atoms with E-state index in [0.29, 0.717) is 18.3 Å². The molecular formula is C15H20BrNO2S. The maximum atomic E-state index is 12.4. The van der Waals surface area contributed by atoms with E-state index in [2.05, 4.69) is 33.4 Å². The van der Waals surface area contributed by atoms with Crippen molar-refractivity contribution < 1.29 is 9.53 Å². The van der Waals surface area contributed by atoms with Gasteiger partial charge in [0.05, 0.1) is 6.61 Å². The number of hydrogen-bond donors (Lipinski definition) is 1. The highest BCUT2D eigenvalue weighted by molar-refractivity contribution is 9.10. The Bertz CT molecular complexity index is 479. The summed E-state index contributed by atoms with van der Waals surface area (Å²) in [5, 5.41) is 3.24. The van der Waals surface area contributed by atoms with Crippen LogP contribution in [0.15, 0.2) is 33.6 Å². The Morgan fingerprint density at radius 1 is 1.55 bits per heavy atom. The molecule has 1 aliphatic rings. The summed E-state index contributed by atoms with van der Waals surface area (Å²) in [4.78, 5) is 13.5. The molecule has 1 unspecified atom stereocenters. The second-order valence-electron chi connectivity index (χ2n) is 4.96. The number of halogens is 1. The smallest absolute Gasteiger partial charge is 0.327 e. The predicted molar refractivity (Wildman–Crippen MR) is 86.0 cm³/mol. The highest BCUT2D eigenvalue weighted by atomic mass is 79.9. The van der Waals surface area contributed by atoms with Crippen molar-refractivity contribution in [2.75, 3.05) is 19.4 Å². The molecule has 1 N–H and O–H groups in total. The molecule has 0 saturated heterocycles. The number of benzene rings is 1. The van der Waals surface area contributed by atoms with Gasteiger partial charge >= 0.3 is 5.97 Å². The van der Waals surface area contributed by atoms with E-state index in [1.165, 1.54) is 0 Å². The van der Waals surface area contributed by atoms with Crippen LogP contribution in [0.4, 0.5) is 0 Å². The molecule has 20 heavy (non-hydrogen) atoms. The third-order valence-electron chi connectivity index (χ3n) is 3.62. The largest absolute Gasteiger partial charge is 0.465 e. The van der Waals surface area contributed by atoms with Gasteiger partial charge in [-0.25, -0.2) is 0 Å². The van der Waals surface area contributed by atoms with Crippen LogP contribution in [0, 0.1) is 5.92 Å². The average Bonchev–Trinajstić information content (AvgIpc) is 3.25. The van der Waals surface area contributed by atoms with E-state index in [1.807, 2.05) is 26.1 Å². The predicted octanol–water partition coefficient (Wildman–Crippen LogP) is 3.47. The molecule has 1 aliphatic carbocycles. The summed E-state index contributed by atoms with van der Waals surface area (Å²) >= 11 is 5.17. The number of rotatable bonds is 7. The van der Waals surface area contributed by atoms with Gasteiger partial charge in [-0.15, -0.1) is 11.8 Å². The maximum Gasteiger partial charge on any atom is 0.327 e. The van der Waals surface area contributed by atoms with E-state index in [0.717, 1.165) is 22.2 Å². The Hall–Kier alpha value is -0.520. The van der Waals surface area contributed by atoms with E-state index < -0.39 is 5.54 Å². The lowest BCUT2D eigenvalue weighted by Crippen LogP contribution is -2.55. The van der Waals surface area contributed by atoms with Gasteiger partial charge in [0.1, 0.15) is 5.54 Å². The first-order valence-corrected chi connectivity index (χ1v) is 8.64. The van der Waals surface area contributed by atoms with E-state index in [4.69, 9.17) is 4.74 Å². The highest BCUT2D eigenvalue weighted by Crippen LogP contribution is 2.43. The molecule has 0 aliphatic heterocycles. The third kappa shape index (κ3) is 3.57. The number of likely N-dealkylation sites (N-methyl/N-ethyl adjacent to an activating group) is 1. The van der Waals surface area contributed by atoms with Gasteiger partial charge in [0.25, 0.3) is 0 Å². The topological polar surface area (TPSA) is 38.3 Å². The van der Waals surface area contributed by atoms with Crippen LogP contribution in [0.2, 0.25) is 0 Å². The minimum Gasteiger partial charge on any atom is -0.465 e. The number of carbonyl (C=O) groups excluding carboxylic acids is 1. The number of esters is 1. The molecular weight excluding hydrogens is 338 g/mol. The zero-order valence-electron chi connectivity index (χ0n) is 11.8. The lowest BCUT2D eigenvalue weighted by Gasteiger charge is -2.31. The molecule has 1 saturated carbocycles. The minimum absolute atomic E-state index is 0.118.